The van der Waals surface area contributed by atoms with E-state index in [-0.39, 0.29) is 37.8 Å². The molecule has 63 heavy (non-hydrogen) atoms. The van der Waals surface area contributed by atoms with E-state index >= 15 is 0 Å². The third-order valence-corrected chi connectivity index (χ3v) is 11.3. The van der Waals surface area contributed by atoms with Crippen molar-refractivity contribution in [3.8, 4) is 0 Å². The molecule has 1 saturated carbocycles. The van der Waals surface area contributed by atoms with E-state index < -0.39 is 83.9 Å². The van der Waals surface area contributed by atoms with Crippen LogP contribution in [0.25, 0.3) is 10.8 Å². The van der Waals surface area contributed by atoms with Crippen molar-refractivity contribution in [3.05, 3.63) is 90.5 Å². The lowest BCUT2D eigenvalue weighted by molar-refractivity contribution is -0.144. The Balaban J connectivity index is 1.33. The van der Waals surface area contributed by atoms with Crippen molar-refractivity contribution in [1.82, 2.24) is 26.2 Å². The van der Waals surface area contributed by atoms with Crippen molar-refractivity contribution >= 4 is 63.8 Å². The number of primary amides is 1. The Bertz CT molecular complexity index is 2150. The molecule has 5 atom stereocenters. The number of hydrogen-bond donors (Lipinski definition) is 6. The molecule has 7 N–H and O–H groups in total. The van der Waals surface area contributed by atoms with Crippen LogP contribution in [0.5, 0.6) is 0 Å². The molecule has 2 fully saturated rings. The second kappa shape index (κ2) is 23.0. The zero-order valence-corrected chi connectivity index (χ0v) is 36.1. The minimum Gasteiger partial charge on any atom is -0.462 e. The number of ketones is 1. The normalized spacial score (nSPS) is 17.9. The summed E-state index contributed by atoms with van der Waals surface area (Å²) in [5, 5.41) is 15.0. The first-order valence-electron chi connectivity index (χ1n) is 21.7. The SMILES string of the molecule is CCCC(NC(=O)C1CC(NC(=O)Nc2cccc3ccccc23)CN1C(=O)[C@@H](/C=C/C(=O)OCC(C)C)C1CCCCC1)C(=O)C(=O)NCC(=O)N[C@H](C(N)=O)c1ccccc1. The van der Waals surface area contributed by atoms with Crippen molar-refractivity contribution in [2.45, 2.75) is 96.3 Å². The molecule has 336 valence electrons. The first-order chi connectivity index (χ1) is 30.2. The van der Waals surface area contributed by atoms with Crippen LogP contribution in [0, 0.1) is 17.8 Å². The van der Waals surface area contributed by atoms with Gasteiger partial charge in [-0.05, 0) is 54.5 Å². The summed E-state index contributed by atoms with van der Waals surface area (Å²) in [6.07, 6.45) is 7.52. The molecule has 16 nitrogen and oxygen atoms in total. The zero-order valence-electron chi connectivity index (χ0n) is 36.1. The number of likely N-dealkylation sites (tertiary alicyclic amines) is 1. The van der Waals surface area contributed by atoms with E-state index in [0.717, 1.165) is 42.9 Å². The fraction of sp³-hybridized carbons (Fsp3) is 0.447. The fourth-order valence-corrected chi connectivity index (χ4v) is 8.12. The van der Waals surface area contributed by atoms with Gasteiger partial charge in [-0.2, -0.15) is 0 Å². The summed E-state index contributed by atoms with van der Waals surface area (Å²) < 4.78 is 5.35. The molecule has 3 aromatic carbocycles. The summed E-state index contributed by atoms with van der Waals surface area (Å²) in [7, 11) is 0. The van der Waals surface area contributed by atoms with Crippen molar-refractivity contribution in [1.29, 1.82) is 0 Å². The van der Waals surface area contributed by atoms with E-state index in [0.29, 0.717) is 17.7 Å². The second-order valence-electron chi connectivity index (χ2n) is 16.6. The Kier molecular flexibility index (Phi) is 17.4. The van der Waals surface area contributed by atoms with Gasteiger partial charge in [0.25, 0.3) is 5.91 Å². The Morgan fingerprint density at radius 1 is 0.873 bits per heavy atom. The monoisotopic (exact) mass is 865 g/mol. The second-order valence-corrected chi connectivity index (χ2v) is 16.6. The standard InChI is InChI=1S/C47H59N7O9/c1-4-14-37(42(57)45(60)49-26-39(55)53-41(43(48)58)32-18-9-6-10-19-32)51-44(59)38-25-33(50-47(62)52-36-22-13-20-30-17-11-12-21-34(30)36)27-54(38)46(61)35(31-15-7-5-8-16-31)23-24-40(56)63-28-29(2)3/h6,9-13,17-24,29,31,33,35,37-38,41H,4-5,7-8,14-16,25-28H2,1-3H3,(H2,48,58)(H,49,60)(H,51,59)(H,53,55)(H2,50,52,62)/b24-23+/t33?,35-,37?,38?,41-/m0/s1. The lowest BCUT2D eigenvalue weighted by Gasteiger charge is -2.33. The topological polar surface area (TPSA) is 235 Å². The number of hydrogen-bond acceptors (Lipinski definition) is 9. The third kappa shape index (κ3) is 13.5. The summed E-state index contributed by atoms with van der Waals surface area (Å²) in [6.45, 7) is 5.09. The van der Waals surface area contributed by atoms with Crippen LogP contribution in [-0.4, -0.2) is 90.0 Å². The van der Waals surface area contributed by atoms with Crippen LogP contribution in [0.2, 0.25) is 0 Å². The van der Waals surface area contributed by atoms with Gasteiger partial charge in [-0.3, -0.25) is 28.8 Å². The number of rotatable bonds is 19. The van der Waals surface area contributed by atoms with E-state index in [1.165, 1.54) is 11.0 Å². The van der Waals surface area contributed by atoms with Gasteiger partial charge in [0.1, 0.15) is 12.1 Å². The molecule has 7 amide bonds. The van der Waals surface area contributed by atoms with Crippen molar-refractivity contribution in [3.63, 3.8) is 0 Å². The highest BCUT2D eigenvalue weighted by Crippen LogP contribution is 2.34. The van der Waals surface area contributed by atoms with Gasteiger partial charge in [-0.15, -0.1) is 0 Å². The zero-order chi connectivity index (χ0) is 45.5. The molecule has 3 aromatic rings. The van der Waals surface area contributed by atoms with E-state index in [2.05, 4.69) is 26.6 Å². The Morgan fingerprint density at radius 2 is 1.57 bits per heavy atom. The minimum atomic E-state index is -1.32. The lowest BCUT2D eigenvalue weighted by atomic mass is 9.79. The molecule has 0 aromatic heterocycles. The number of nitrogens with zero attached hydrogens (tertiary/aromatic N) is 1. The van der Waals surface area contributed by atoms with Gasteiger partial charge in [-0.25, -0.2) is 9.59 Å². The van der Waals surface area contributed by atoms with E-state index in [1.807, 2.05) is 50.2 Å². The Hall–Kier alpha value is -6.58. The quantitative estimate of drug-likeness (QED) is 0.0575. The first-order valence-corrected chi connectivity index (χ1v) is 21.7. The number of benzene rings is 3. The molecule has 0 bridgehead atoms. The average molecular weight is 866 g/mol. The van der Waals surface area contributed by atoms with Gasteiger partial charge in [-0.1, -0.05) is 119 Å². The molecule has 1 aliphatic carbocycles. The molecule has 0 spiro atoms. The van der Waals surface area contributed by atoms with Gasteiger partial charge in [0.2, 0.25) is 29.4 Å². The maximum atomic E-state index is 14.7. The number of esters is 1. The van der Waals surface area contributed by atoms with Crippen molar-refractivity contribution < 1.29 is 43.1 Å². The molecular weight excluding hydrogens is 807 g/mol. The number of nitrogens with two attached hydrogens (primary N) is 1. The fourth-order valence-electron chi connectivity index (χ4n) is 8.12. The highest BCUT2D eigenvalue weighted by Gasteiger charge is 2.44. The van der Waals surface area contributed by atoms with Gasteiger partial charge >= 0.3 is 12.0 Å². The number of Topliss-reactive ketones (excluding diaryl/α,β-unsaturated/α-hetero) is 1. The molecule has 3 unspecified atom stereocenters. The summed E-state index contributed by atoms with van der Waals surface area (Å²) in [5.74, 6) is -6.27. The number of urea groups is 1. The third-order valence-electron chi connectivity index (χ3n) is 11.3. The average Bonchev–Trinajstić information content (AvgIpc) is 3.70. The van der Waals surface area contributed by atoms with Crippen LogP contribution >= 0.6 is 0 Å². The van der Waals surface area contributed by atoms with Gasteiger partial charge in [0.05, 0.1) is 36.8 Å². The minimum absolute atomic E-state index is 0.0140. The predicted molar refractivity (Wildman–Crippen MR) is 236 cm³/mol. The number of amides is 7. The predicted octanol–water partition coefficient (Wildman–Crippen LogP) is 4.20. The Labute approximate surface area is 367 Å². The molecule has 0 radical (unpaired) electrons. The first kappa shape index (κ1) is 47.5. The maximum Gasteiger partial charge on any atom is 0.330 e. The number of anilines is 1. The maximum absolute atomic E-state index is 14.7. The van der Waals surface area contributed by atoms with Crippen LogP contribution in [0.15, 0.2) is 84.9 Å². The number of nitrogens with one attached hydrogen (secondary N) is 5. The number of carbonyl (C=O) groups is 8. The van der Waals surface area contributed by atoms with Crippen LogP contribution in [0.3, 0.4) is 0 Å². The summed E-state index contributed by atoms with van der Waals surface area (Å²) in [4.78, 5) is 108. The molecule has 1 heterocycles. The van der Waals surface area contributed by atoms with E-state index in [9.17, 15) is 38.4 Å². The summed E-state index contributed by atoms with van der Waals surface area (Å²) in [6, 6.07) is 16.4. The van der Waals surface area contributed by atoms with E-state index in [4.69, 9.17) is 10.5 Å². The molecule has 2 aliphatic rings. The van der Waals surface area contributed by atoms with Crippen molar-refractivity contribution in [2.75, 3.05) is 25.0 Å². The summed E-state index contributed by atoms with van der Waals surface area (Å²) in [5.41, 5.74) is 6.50. The van der Waals surface area contributed by atoms with Gasteiger partial charge in [0, 0.05) is 18.0 Å². The van der Waals surface area contributed by atoms with Gasteiger partial charge in [0.15, 0.2) is 0 Å². The van der Waals surface area contributed by atoms with Crippen LogP contribution < -0.4 is 32.3 Å². The van der Waals surface area contributed by atoms with Gasteiger partial charge < -0.3 is 42.0 Å². The smallest absolute Gasteiger partial charge is 0.330 e. The number of ether oxygens (including phenoxy) is 1. The van der Waals surface area contributed by atoms with Crippen LogP contribution in [0.1, 0.15) is 83.7 Å². The highest BCUT2D eigenvalue weighted by molar-refractivity contribution is 6.38. The Morgan fingerprint density at radius 3 is 2.27 bits per heavy atom. The molecule has 1 saturated heterocycles. The highest BCUT2D eigenvalue weighted by atomic mass is 16.5. The lowest BCUT2D eigenvalue weighted by Crippen LogP contribution is -2.54. The largest absolute Gasteiger partial charge is 0.462 e. The molecule has 5 rings (SSSR count). The van der Waals surface area contributed by atoms with Crippen molar-refractivity contribution in [2.24, 2.45) is 23.5 Å². The molecule has 1 aliphatic heterocycles. The van der Waals surface area contributed by atoms with Crippen LogP contribution in [0.4, 0.5) is 10.5 Å². The summed E-state index contributed by atoms with van der Waals surface area (Å²) >= 11 is 0. The molecular formula is C47H59N7O9. The molecule has 16 heteroatoms. The van der Waals surface area contributed by atoms with E-state index in [1.54, 1.807) is 49.4 Å². The number of fused-ring (bicyclic) bond motifs is 1. The van der Waals surface area contributed by atoms with Crippen LogP contribution in [-0.2, 0) is 38.3 Å². The number of carbonyl (C=O) groups excluding carboxylic acids is 8.